The van der Waals surface area contributed by atoms with E-state index in [4.69, 9.17) is 22.3 Å². The highest BCUT2D eigenvalue weighted by Crippen LogP contribution is 2.33. The molecule has 0 aliphatic heterocycles. The van der Waals surface area contributed by atoms with Gasteiger partial charge in [0.25, 0.3) is 0 Å². The highest BCUT2D eigenvalue weighted by atomic mass is 35.5. The largest absolute Gasteiger partial charge is 0.494 e. The van der Waals surface area contributed by atoms with Gasteiger partial charge in [0, 0.05) is 28.7 Å². The quantitative estimate of drug-likeness (QED) is 0.255. The number of anilines is 1. The molecule has 0 bridgehead atoms. The van der Waals surface area contributed by atoms with Crippen molar-refractivity contribution in [1.82, 2.24) is 4.98 Å². The van der Waals surface area contributed by atoms with Gasteiger partial charge in [-0.3, -0.25) is 9.59 Å². The lowest BCUT2D eigenvalue weighted by Gasteiger charge is -2.25. The predicted octanol–water partition coefficient (Wildman–Crippen LogP) is 5.02. The maximum atomic E-state index is 12.6. The predicted molar refractivity (Wildman–Crippen MR) is 146 cm³/mol. The van der Waals surface area contributed by atoms with E-state index in [0.717, 1.165) is 0 Å². The SMILES string of the molecule is CN(C(=O)C(C)(C)N)c1ccc(N=C(c2cccc(CC(=O)O)c2)c2c(O)[nH]c3cc(Cl)ccc23)cc1. The van der Waals surface area contributed by atoms with Gasteiger partial charge in [0.15, 0.2) is 5.88 Å². The summed E-state index contributed by atoms with van der Waals surface area (Å²) >= 11 is 6.14. The first kappa shape index (κ1) is 25.9. The summed E-state index contributed by atoms with van der Waals surface area (Å²) < 4.78 is 0. The highest BCUT2D eigenvalue weighted by molar-refractivity contribution is 6.31. The van der Waals surface area contributed by atoms with E-state index in [0.29, 0.717) is 49.7 Å². The summed E-state index contributed by atoms with van der Waals surface area (Å²) in [4.78, 5) is 33.1. The number of likely N-dealkylation sites (N-methyl/N-ethyl adjacent to an activating group) is 1. The highest BCUT2D eigenvalue weighted by Gasteiger charge is 2.26. The maximum Gasteiger partial charge on any atom is 0.307 e. The van der Waals surface area contributed by atoms with Gasteiger partial charge in [0.05, 0.1) is 34.4 Å². The minimum atomic E-state index is -1.02. The third kappa shape index (κ3) is 5.66. The molecule has 0 spiro atoms. The van der Waals surface area contributed by atoms with Gasteiger partial charge in [0.1, 0.15) is 0 Å². The zero-order valence-corrected chi connectivity index (χ0v) is 21.4. The Hall–Kier alpha value is -4.14. The standard InChI is InChI=1S/C28H27ClN4O4/c1-28(2,30)27(37)33(3)20-10-8-19(9-11-20)31-25(17-6-4-5-16(13-17)14-23(34)35)24-21-12-7-18(29)15-22(21)32-26(24)36/h4-13,15,32,36H,14,30H2,1-3H3,(H,34,35). The number of aliphatic imine (C=N–C) groups is 1. The Kier molecular flexibility index (Phi) is 7.07. The van der Waals surface area contributed by atoms with Crippen LogP contribution in [-0.4, -0.2) is 45.4 Å². The first-order valence-corrected chi connectivity index (χ1v) is 11.9. The molecule has 37 heavy (non-hydrogen) atoms. The van der Waals surface area contributed by atoms with Gasteiger partial charge in [-0.2, -0.15) is 0 Å². The van der Waals surface area contributed by atoms with Gasteiger partial charge in [-0.1, -0.05) is 35.9 Å². The molecule has 4 aromatic rings. The average molecular weight is 519 g/mol. The van der Waals surface area contributed by atoms with Gasteiger partial charge in [-0.05, 0) is 61.9 Å². The Bertz CT molecular complexity index is 1520. The second kappa shape index (κ2) is 10.1. The van der Waals surface area contributed by atoms with Crippen molar-refractivity contribution in [3.05, 3.63) is 88.4 Å². The van der Waals surface area contributed by atoms with E-state index in [1.54, 1.807) is 81.6 Å². The number of nitrogens with two attached hydrogens (primary N) is 1. The van der Waals surface area contributed by atoms with Crippen molar-refractivity contribution in [2.75, 3.05) is 11.9 Å². The number of amides is 1. The second-order valence-electron chi connectivity index (χ2n) is 9.37. The fraction of sp³-hybridized carbons (Fsp3) is 0.179. The van der Waals surface area contributed by atoms with Crippen LogP contribution in [0.5, 0.6) is 5.88 Å². The third-order valence-electron chi connectivity index (χ3n) is 5.87. The van der Waals surface area contributed by atoms with Crippen molar-refractivity contribution in [3.8, 4) is 5.88 Å². The van der Waals surface area contributed by atoms with Crippen molar-refractivity contribution >= 4 is 51.5 Å². The van der Waals surface area contributed by atoms with Crippen LogP contribution in [0.4, 0.5) is 11.4 Å². The number of carboxylic acid groups (broad SMARTS) is 1. The molecule has 0 saturated carbocycles. The number of halogens is 1. The lowest BCUT2D eigenvalue weighted by atomic mass is 9.98. The van der Waals surface area contributed by atoms with Crippen LogP contribution in [0.25, 0.3) is 10.9 Å². The molecule has 0 unspecified atom stereocenters. The number of carboxylic acids is 1. The summed E-state index contributed by atoms with van der Waals surface area (Å²) in [5, 5.41) is 21.4. The number of fused-ring (bicyclic) bond motifs is 1. The van der Waals surface area contributed by atoms with E-state index in [9.17, 15) is 19.8 Å². The first-order valence-electron chi connectivity index (χ1n) is 11.5. The molecule has 0 atom stereocenters. The average Bonchev–Trinajstić information content (AvgIpc) is 3.15. The number of hydrogen-bond donors (Lipinski definition) is 4. The molecule has 1 amide bonds. The van der Waals surface area contributed by atoms with E-state index in [2.05, 4.69) is 4.98 Å². The van der Waals surface area contributed by atoms with Crippen molar-refractivity contribution in [1.29, 1.82) is 0 Å². The van der Waals surface area contributed by atoms with Crippen molar-refractivity contribution < 1.29 is 19.8 Å². The van der Waals surface area contributed by atoms with Gasteiger partial charge < -0.3 is 25.8 Å². The zero-order valence-electron chi connectivity index (χ0n) is 20.6. The molecule has 0 aliphatic rings. The fourth-order valence-corrected chi connectivity index (χ4v) is 4.26. The van der Waals surface area contributed by atoms with Crippen LogP contribution in [-0.2, 0) is 16.0 Å². The number of nitrogens with zero attached hydrogens (tertiary/aromatic N) is 2. The zero-order chi connectivity index (χ0) is 26.9. The van der Waals surface area contributed by atoms with E-state index < -0.39 is 11.5 Å². The Morgan fingerprint density at radius 3 is 2.43 bits per heavy atom. The minimum Gasteiger partial charge on any atom is -0.494 e. The molecular weight excluding hydrogens is 492 g/mol. The van der Waals surface area contributed by atoms with Crippen LogP contribution in [0.15, 0.2) is 71.7 Å². The summed E-state index contributed by atoms with van der Waals surface area (Å²) in [6, 6.07) is 19.3. The van der Waals surface area contributed by atoms with Crippen LogP contribution in [0.1, 0.15) is 30.5 Å². The van der Waals surface area contributed by atoms with Crippen LogP contribution in [0, 0.1) is 0 Å². The van der Waals surface area contributed by atoms with Crippen LogP contribution in [0.2, 0.25) is 5.02 Å². The lowest BCUT2D eigenvalue weighted by molar-refractivity contribution is -0.136. The van der Waals surface area contributed by atoms with Gasteiger partial charge in [-0.25, -0.2) is 4.99 Å². The van der Waals surface area contributed by atoms with Crippen molar-refractivity contribution in [2.24, 2.45) is 10.7 Å². The molecule has 0 fully saturated rings. The molecule has 9 heteroatoms. The summed E-state index contributed by atoms with van der Waals surface area (Å²) in [6.07, 6.45) is -0.150. The van der Waals surface area contributed by atoms with E-state index in [-0.39, 0.29) is 18.2 Å². The minimum absolute atomic E-state index is 0.0909. The molecule has 0 radical (unpaired) electrons. The monoisotopic (exact) mass is 518 g/mol. The molecule has 0 saturated heterocycles. The fourth-order valence-electron chi connectivity index (χ4n) is 4.09. The third-order valence-corrected chi connectivity index (χ3v) is 6.10. The molecule has 3 aromatic carbocycles. The molecular formula is C28H27ClN4O4. The second-order valence-corrected chi connectivity index (χ2v) is 9.81. The lowest BCUT2D eigenvalue weighted by Crippen LogP contribution is -2.49. The Morgan fingerprint density at radius 1 is 1.08 bits per heavy atom. The van der Waals surface area contributed by atoms with E-state index in [1.807, 2.05) is 6.07 Å². The Balaban J connectivity index is 1.84. The molecule has 1 heterocycles. The number of hydrogen-bond acceptors (Lipinski definition) is 5. The Morgan fingerprint density at radius 2 is 1.78 bits per heavy atom. The summed E-state index contributed by atoms with van der Waals surface area (Å²) in [7, 11) is 1.66. The number of carbonyl (C=O) groups is 2. The summed E-state index contributed by atoms with van der Waals surface area (Å²) in [5.74, 6) is -1.27. The topological polar surface area (TPSA) is 132 Å². The first-order chi connectivity index (χ1) is 17.4. The van der Waals surface area contributed by atoms with Crippen LogP contribution < -0.4 is 10.6 Å². The van der Waals surface area contributed by atoms with Gasteiger partial charge in [-0.15, -0.1) is 0 Å². The molecule has 8 nitrogen and oxygen atoms in total. The van der Waals surface area contributed by atoms with E-state index in [1.165, 1.54) is 4.90 Å². The van der Waals surface area contributed by atoms with Crippen molar-refractivity contribution in [3.63, 3.8) is 0 Å². The number of aliphatic carboxylic acids is 1. The van der Waals surface area contributed by atoms with Crippen LogP contribution in [0.3, 0.4) is 0 Å². The maximum absolute atomic E-state index is 12.6. The van der Waals surface area contributed by atoms with Gasteiger partial charge in [0.2, 0.25) is 5.91 Å². The molecule has 1 aromatic heterocycles. The van der Waals surface area contributed by atoms with Crippen molar-refractivity contribution in [2.45, 2.75) is 25.8 Å². The number of rotatable bonds is 7. The summed E-state index contributed by atoms with van der Waals surface area (Å²) in [5.41, 5.74) is 8.92. The molecule has 190 valence electrons. The number of carbonyl (C=O) groups excluding carboxylic acids is 1. The molecule has 5 N–H and O–H groups in total. The van der Waals surface area contributed by atoms with Gasteiger partial charge >= 0.3 is 5.97 Å². The van der Waals surface area contributed by atoms with Crippen LogP contribution >= 0.6 is 11.6 Å². The number of aromatic hydroxyl groups is 1. The number of nitrogens with one attached hydrogen (secondary N) is 1. The number of benzene rings is 3. The normalized spacial score (nSPS) is 12.1. The number of H-pyrrole nitrogens is 1. The van der Waals surface area contributed by atoms with E-state index >= 15 is 0 Å². The smallest absolute Gasteiger partial charge is 0.307 e. The molecule has 4 rings (SSSR count). The number of aromatic amines is 1. The Labute approximate surface area is 219 Å². The number of aromatic nitrogens is 1. The summed E-state index contributed by atoms with van der Waals surface area (Å²) in [6.45, 7) is 3.30. The molecule has 0 aliphatic carbocycles.